The number of hydrogen-bond acceptors (Lipinski definition) is 2. The topological polar surface area (TPSA) is 25.8 Å². The summed E-state index contributed by atoms with van der Waals surface area (Å²) in [6.07, 6.45) is 3.77. The van der Waals surface area contributed by atoms with Crippen LogP contribution in [0.1, 0.15) is 0 Å². The van der Waals surface area contributed by atoms with Crippen molar-refractivity contribution in [2.75, 3.05) is 0 Å². The standard InChI is InChI=1S/C12H7IN2/c13-9-5-11-12(15-7-9)10-4-2-1-3-8(10)6-14-11/h1-7H. The van der Waals surface area contributed by atoms with Crippen molar-refractivity contribution in [2.24, 2.45) is 0 Å². The summed E-state index contributed by atoms with van der Waals surface area (Å²) < 4.78 is 1.11. The summed E-state index contributed by atoms with van der Waals surface area (Å²) in [5, 5.41) is 2.30. The van der Waals surface area contributed by atoms with Gasteiger partial charge in [0.1, 0.15) is 0 Å². The third-order valence-corrected chi connectivity index (χ3v) is 2.98. The summed E-state index contributed by atoms with van der Waals surface area (Å²) in [7, 11) is 0. The molecule has 3 rings (SSSR count). The Morgan fingerprint density at radius 2 is 1.87 bits per heavy atom. The Morgan fingerprint density at radius 1 is 1.00 bits per heavy atom. The third kappa shape index (κ3) is 1.47. The molecule has 0 spiro atoms. The van der Waals surface area contributed by atoms with Gasteiger partial charge >= 0.3 is 0 Å². The van der Waals surface area contributed by atoms with Gasteiger partial charge in [0.05, 0.1) is 11.0 Å². The van der Waals surface area contributed by atoms with Crippen LogP contribution in [0.4, 0.5) is 0 Å². The van der Waals surface area contributed by atoms with Crippen LogP contribution in [0.3, 0.4) is 0 Å². The SMILES string of the molecule is Ic1cnc2c(c1)ncc1ccccc12. The highest BCUT2D eigenvalue weighted by atomic mass is 127. The molecule has 0 amide bonds. The molecule has 3 aromatic rings. The van der Waals surface area contributed by atoms with Crippen molar-refractivity contribution in [3.8, 4) is 0 Å². The number of benzene rings is 1. The second-order valence-electron chi connectivity index (χ2n) is 3.37. The average Bonchev–Trinajstić information content (AvgIpc) is 2.28. The van der Waals surface area contributed by atoms with Gasteiger partial charge in [-0.15, -0.1) is 0 Å². The molecule has 0 fully saturated rings. The van der Waals surface area contributed by atoms with Crippen LogP contribution in [0.15, 0.2) is 42.7 Å². The number of aromatic nitrogens is 2. The predicted molar refractivity (Wildman–Crippen MR) is 69.8 cm³/mol. The Labute approximate surface area is 100 Å². The minimum atomic E-state index is 0.959. The lowest BCUT2D eigenvalue weighted by atomic mass is 10.1. The Bertz CT molecular complexity index is 649. The van der Waals surface area contributed by atoms with Crippen LogP contribution in [0, 0.1) is 3.57 Å². The molecule has 2 nitrogen and oxygen atoms in total. The molecule has 0 saturated carbocycles. The Balaban J connectivity index is 2.55. The first kappa shape index (κ1) is 9.03. The molecule has 0 unspecified atom stereocenters. The van der Waals surface area contributed by atoms with E-state index < -0.39 is 0 Å². The molecule has 2 heterocycles. The zero-order valence-electron chi connectivity index (χ0n) is 7.81. The molecule has 15 heavy (non-hydrogen) atoms. The summed E-state index contributed by atoms with van der Waals surface area (Å²) in [4.78, 5) is 8.84. The summed E-state index contributed by atoms with van der Waals surface area (Å²) in [5.41, 5.74) is 1.94. The summed E-state index contributed by atoms with van der Waals surface area (Å²) in [6, 6.07) is 10.2. The van der Waals surface area contributed by atoms with E-state index in [0.29, 0.717) is 0 Å². The lowest BCUT2D eigenvalue weighted by molar-refractivity contribution is 1.34. The monoisotopic (exact) mass is 306 g/mol. The highest BCUT2D eigenvalue weighted by Crippen LogP contribution is 2.22. The number of fused-ring (bicyclic) bond motifs is 3. The Kier molecular flexibility index (Phi) is 2.05. The van der Waals surface area contributed by atoms with Gasteiger partial charge in [0.15, 0.2) is 0 Å². The molecule has 2 aromatic heterocycles. The van der Waals surface area contributed by atoms with Crippen molar-refractivity contribution in [3.63, 3.8) is 0 Å². The van der Waals surface area contributed by atoms with Crippen LogP contribution in [0.25, 0.3) is 21.8 Å². The van der Waals surface area contributed by atoms with E-state index in [1.54, 1.807) is 0 Å². The van der Waals surface area contributed by atoms with Crippen molar-refractivity contribution in [1.29, 1.82) is 0 Å². The largest absolute Gasteiger partial charge is 0.254 e. The van der Waals surface area contributed by atoms with Gasteiger partial charge < -0.3 is 0 Å². The number of hydrogen-bond donors (Lipinski definition) is 0. The number of rotatable bonds is 0. The van der Waals surface area contributed by atoms with Crippen molar-refractivity contribution in [3.05, 3.63) is 46.3 Å². The Morgan fingerprint density at radius 3 is 2.80 bits per heavy atom. The Hall–Kier alpha value is -1.23. The van der Waals surface area contributed by atoms with Crippen LogP contribution < -0.4 is 0 Å². The fourth-order valence-corrected chi connectivity index (χ4v) is 2.13. The van der Waals surface area contributed by atoms with Gasteiger partial charge in [-0.25, -0.2) is 0 Å². The maximum absolute atomic E-state index is 4.44. The van der Waals surface area contributed by atoms with Gasteiger partial charge in [0.2, 0.25) is 0 Å². The smallest absolute Gasteiger partial charge is 0.0965 e. The third-order valence-electron chi connectivity index (χ3n) is 2.39. The van der Waals surface area contributed by atoms with Crippen LogP contribution >= 0.6 is 22.6 Å². The van der Waals surface area contributed by atoms with Gasteiger partial charge in [0, 0.05) is 26.7 Å². The second-order valence-corrected chi connectivity index (χ2v) is 4.61. The maximum Gasteiger partial charge on any atom is 0.0965 e. The fourth-order valence-electron chi connectivity index (χ4n) is 1.70. The predicted octanol–water partition coefficient (Wildman–Crippen LogP) is 3.39. The van der Waals surface area contributed by atoms with Crippen molar-refractivity contribution < 1.29 is 0 Å². The zero-order valence-corrected chi connectivity index (χ0v) is 9.97. The molecule has 72 valence electrons. The normalized spacial score (nSPS) is 11.0. The van der Waals surface area contributed by atoms with Gasteiger partial charge in [-0.05, 0) is 28.7 Å². The van der Waals surface area contributed by atoms with E-state index in [-0.39, 0.29) is 0 Å². The molecular formula is C12H7IN2. The number of pyridine rings is 2. The fraction of sp³-hybridized carbons (Fsp3) is 0. The minimum absolute atomic E-state index is 0.959. The highest BCUT2D eigenvalue weighted by molar-refractivity contribution is 14.1. The van der Waals surface area contributed by atoms with E-state index in [1.807, 2.05) is 24.5 Å². The van der Waals surface area contributed by atoms with Crippen LogP contribution in [0.5, 0.6) is 0 Å². The zero-order chi connectivity index (χ0) is 10.3. The summed E-state index contributed by atoms with van der Waals surface area (Å²) in [5.74, 6) is 0. The van der Waals surface area contributed by atoms with Gasteiger partial charge in [-0.3, -0.25) is 9.97 Å². The first-order valence-corrected chi connectivity index (χ1v) is 5.71. The molecule has 0 aliphatic heterocycles. The molecule has 0 aliphatic rings. The molecule has 0 saturated heterocycles. The molecule has 0 bridgehead atoms. The maximum atomic E-state index is 4.44. The van der Waals surface area contributed by atoms with E-state index in [0.717, 1.165) is 20.0 Å². The van der Waals surface area contributed by atoms with Crippen molar-refractivity contribution in [1.82, 2.24) is 9.97 Å². The molecule has 3 heteroatoms. The van der Waals surface area contributed by atoms with E-state index in [9.17, 15) is 0 Å². The quantitative estimate of drug-likeness (QED) is 0.470. The highest BCUT2D eigenvalue weighted by Gasteiger charge is 2.02. The summed E-state index contributed by atoms with van der Waals surface area (Å²) >= 11 is 2.25. The molecule has 0 aliphatic carbocycles. The number of nitrogens with zero attached hydrogens (tertiary/aromatic N) is 2. The van der Waals surface area contributed by atoms with Crippen LogP contribution in [-0.2, 0) is 0 Å². The first-order valence-electron chi connectivity index (χ1n) is 4.63. The summed E-state index contributed by atoms with van der Waals surface area (Å²) in [6.45, 7) is 0. The van der Waals surface area contributed by atoms with E-state index in [1.165, 1.54) is 5.39 Å². The van der Waals surface area contributed by atoms with Gasteiger partial charge in [-0.2, -0.15) is 0 Å². The van der Waals surface area contributed by atoms with Gasteiger partial charge in [-0.1, -0.05) is 24.3 Å². The molecular weight excluding hydrogens is 299 g/mol. The molecule has 0 radical (unpaired) electrons. The molecule has 0 N–H and O–H groups in total. The van der Waals surface area contributed by atoms with Crippen LogP contribution in [0.2, 0.25) is 0 Å². The molecule has 0 atom stereocenters. The lowest BCUT2D eigenvalue weighted by Crippen LogP contribution is -1.86. The van der Waals surface area contributed by atoms with Crippen LogP contribution in [-0.4, -0.2) is 9.97 Å². The molecule has 1 aromatic carbocycles. The van der Waals surface area contributed by atoms with Gasteiger partial charge in [0.25, 0.3) is 0 Å². The minimum Gasteiger partial charge on any atom is -0.254 e. The number of halogens is 1. The van der Waals surface area contributed by atoms with E-state index in [2.05, 4.69) is 50.8 Å². The van der Waals surface area contributed by atoms with E-state index >= 15 is 0 Å². The van der Waals surface area contributed by atoms with E-state index in [4.69, 9.17) is 0 Å². The average molecular weight is 306 g/mol. The second kappa shape index (κ2) is 3.41. The lowest BCUT2D eigenvalue weighted by Gasteiger charge is -2.01. The van der Waals surface area contributed by atoms with Crippen molar-refractivity contribution >= 4 is 44.4 Å². The van der Waals surface area contributed by atoms with Crippen molar-refractivity contribution in [2.45, 2.75) is 0 Å². The first-order chi connectivity index (χ1) is 7.34.